The van der Waals surface area contributed by atoms with Crippen molar-refractivity contribution in [2.75, 3.05) is 39.3 Å². The van der Waals surface area contributed by atoms with Crippen LogP contribution in [0.4, 0.5) is 0 Å². The fourth-order valence-corrected chi connectivity index (χ4v) is 3.71. The smallest absolute Gasteiger partial charge is 0.262 e. The minimum Gasteiger partial charge on any atom is -0.371 e. The Balaban J connectivity index is 1.24. The predicted molar refractivity (Wildman–Crippen MR) is 106 cm³/mol. The molecule has 0 unspecified atom stereocenters. The molecule has 2 aliphatic heterocycles. The summed E-state index contributed by atoms with van der Waals surface area (Å²) in [5.74, 6) is -1.17. The number of hydrogen-bond acceptors (Lipinski definition) is 5. The van der Waals surface area contributed by atoms with Crippen molar-refractivity contribution in [2.24, 2.45) is 0 Å². The van der Waals surface area contributed by atoms with Crippen LogP contribution < -0.4 is 5.32 Å². The van der Waals surface area contributed by atoms with Crippen molar-refractivity contribution < 1.29 is 19.1 Å². The number of nitrogens with zero attached hydrogens (tertiary/aromatic N) is 2. The zero-order valence-electron chi connectivity index (χ0n) is 16.0. The molecule has 7 nitrogen and oxygen atoms in total. The fraction of sp³-hybridized carbons (Fsp3) is 0.318. The van der Waals surface area contributed by atoms with E-state index >= 15 is 0 Å². The first-order chi connectivity index (χ1) is 14.1. The van der Waals surface area contributed by atoms with Gasteiger partial charge in [-0.25, -0.2) is 0 Å². The van der Waals surface area contributed by atoms with Gasteiger partial charge in [0.1, 0.15) is 6.54 Å². The van der Waals surface area contributed by atoms with Gasteiger partial charge in [0.15, 0.2) is 0 Å². The number of carbonyl (C=O) groups excluding carboxylic acids is 3. The molecule has 0 radical (unpaired) electrons. The Morgan fingerprint density at radius 3 is 2.34 bits per heavy atom. The van der Waals surface area contributed by atoms with E-state index in [0.717, 1.165) is 23.6 Å². The van der Waals surface area contributed by atoms with Gasteiger partial charge in [0.05, 0.1) is 23.8 Å². The summed E-state index contributed by atoms with van der Waals surface area (Å²) in [6.45, 7) is 3.07. The average molecular weight is 393 g/mol. The lowest BCUT2D eigenvalue weighted by Crippen LogP contribution is -2.45. The number of amides is 3. The summed E-state index contributed by atoms with van der Waals surface area (Å²) in [5.41, 5.74) is 1.85. The van der Waals surface area contributed by atoms with E-state index in [1.807, 2.05) is 18.2 Å². The van der Waals surface area contributed by atoms with E-state index in [2.05, 4.69) is 22.3 Å². The largest absolute Gasteiger partial charge is 0.371 e. The Bertz CT molecular complexity index is 880. The maximum Gasteiger partial charge on any atom is 0.262 e. The highest BCUT2D eigenvalue weighted by Crippen LogP contribution is 2.22. The maximum absolute atomic E-state index is 12.3. The number of ether oxygens (including phenoxy) is 1. The molecule has 7 heteroatoms. The number of nitrogens with one attached hydrogen (secondary N) is 1. The lowest BCUT2D eigenvalue weighted by atomic mass is 10.1. The summed E-state index contributed by atoms with van der Waals surface area (Å²) < 4.78 is 5.85. The fourth-order valence-electron chi connectivity index (χ4n) is 3.71. The van der Waals surface area contributed by atoms with E-state index in [1.165, 1.54) is 0 Å². The molecule has 3 amide bonds. The van der Waals surface area contributed by atoms with Crippen molar-refractivity contribution in [3.63, 3.8) is 0 Å². The molecule has 1 fully saturated rings. The molecule has 0 bridgehead atoms. The molecule has 4 rings (SSSR count). The van der Waals surface area contributed by atoms with Crippen LogP contribution in [0.3, 0.4) is 0 Å². The van der Waals surface area contributed by atoms with Crippen LogP contribution in [0, 0.1) is 0 Å². The highest BCUT2D eigenvalue weighted by Gasteiger charge is 2.36. The minimum absolute atomic E-state index is 0.0269. The van der Waals surface area contributed by atoms with Crippen molar-refractivity contribution in [1.82, 2.24) is 15.1 Å². The summed E-state index contributed by atoms with van der Waals surface area (Å²) in [5, 5.41) is 2.81. The van der Waals surface area contributed by atoms with E-state index in [9.17, 15) is 14.4 Å². The Morgan fingerprint density at radius 2 is 1.66 bits per heavy atom. The number of fused-ring (bicyclic) bond motifs is 1. The second-order valence-electron chi connectivity index (χ2n) is 7.16. The number of hydrogen-bond donors (Lipinski definition) is 1. The molecule has 0 aliphatic carbocycles. The van der Waals surface area contributed by atoms with Gasteiger partial charge in [-0.05, 0) is 17.7 Å². The molecule has 1 atom stereocenters. The van der Waals surface area contributed by atoms with E-state index in [1.54, 1.807) is 24.3 Å². The standard InChI is InChI=1S/C22H23N3O4/c26-20(15-25-21(27)17-8-4-5-9-18(17)22(25)28)23-10-11-24-12-13-29-19(14-24)16-6-2-1-3-7-16/h1-9,19H,10-15H2,(H,23,26)/t19-/m1/s1. The van der Waals surface area contributed by atoms with E-state index in [0.29, 0.717) is 30.8 Å². The van der Waals surface area contributed by atoms with E-state index in [4.69, 9.17) is 4.74 Å². The highest BCUT2D eigenvalue weighted by molar-refractivity contribution is 6.22. The van der Waals surface area contributed by atoms with Gasteiger partial charge in [0.2, 0.25) is 5.91 Å². The SMILES string of the molecule is O=C(CN1C(=O)c2ccccc2C1=O)NCCN1CCO[C@@H](c2ccccc2)C1. The molecular formula is C22H23N3O4. The van der Waals surface area contributed by atoms with Crippen LogP contribution in [0.2, 0.25) is 0 Å². The topological polar surface area (TPSA) is 79.0 Å². The summed E-state index contributed by atoms with van der Waals surface area (Å²) in [6.07, 6.45) is 0.0269. The molecule has 0 spiro atoms. The van der Waals surface area contributed by atoms with Crippen molar-refractivity contribution in [2.45, 2.75) is 6.10 Å². The second-order valence-corrected chi connectivity index (χ2v) is 7.16. The van der Waals surface area contributed by atoms with Crippen LogP contribution in [-0.2, 0) is 9.53 Å². The lowest BCUT2D eigenvalue weighted by Gasteiger charge is -2.33. The number of morpholine rings is 1. The zero-order chi connectivity index (χ0) is 20.2. The number of carbonyl (C=O) groups is 3. The van der Waals surface area contributed by atoms with Crippen molar-refractivity contribution in [3.8, 4) is 0 Å². The van der Waals surface area contributed by atoms with Crippen molar-refractivity contribution >= 4 is 17.7 Å². The van der Waals surface area contributed by atoms with Crippen molar-refractivity contribution in [3.05, 3.63) is 71.3 Å². The van der Waals surface area contributed by atoms with Crippen LogP contribution in [-0.4, -0.2) is 66.9 Å². The highest BCUT2D eigenvalue weighted by atomic mass is 16.5. The monoisotopic (exact) mass is 393 g/mol. The van der Waals surface area contributed by atoms with Gasteiger partial charge < -0.3 is 10.1 Å². The Labute approximate surface area is 169 Å². The Morgan fingerprint density at radius 1 is 1.00 bits per heavy atom. The third-order valence-corrected chi connectivity index (χ3v) is 5.25. The van der Waals surface area contributed by atoms with E-state index in [-0.39, 0.29) is 18.6 Å². The van der Waals surface area contributed by atoms with Gasteiger partial charge in [-0.15, -0.1) is 0 Å². The first-order valence-corrected chi connectivity index (χ1v) is 9.74. The lowest BCUT2D eigenvalue weighted by molar-refractivity contribution is -0.121. The quantitative estimate of drug-likeness (QED) is 0.752. The second kappa shape index (κ2) is 8.55. The van der Waals surface area contributed by atoms with Gasteiger partial charge >= 0.3 is 0 Å². The summed E-state index contributed by atoms with van der Waals surface area (Å²) in [4.78, 5) is 40.2. The van der Waals surface area contributed by atoms with Gasteiger partial charge in [-0.2, -0.15) is 0 Å². The average Bonchev–Trinajstić information content (AvgIpc) is 3.00. The van der Waals surface area contributed by atoms with Crippen LogP contribution in [0.25, 0.3) is 0 Å². The van der Waals surface area contributed by atoms with Crippen LogP contribution in [0.5, 0.6) is 0 Å². The molecular weight excluding hydrogens is 370 g/mol. The molecule has 1 saturated heterocycles. The predicted octanol–water partition coefficient (Wildman–Crippen LogP) is 1.47. The van der Waals surface area contributed by atoms with Gasteiger partial charge in [0.25, 0.3) is 11.8 Å². The van der Waals surface area contributed by atoms with Gasteiger partial charge in [-0.1, -0.05) is 42.5 Å². The summed E-state index contributed by atoms with van der Waals surface area (Å²) in [7, 11) is 0. The van der Waals surface area contributed by atoms with Gasteiger partial charge in [0, 0.05) is 26.2 Å². The normalized spacial score (nSPS) is 19.3. The molecule has 2 heterocycles. The molecule has 150 valence electrons. The van der Waals surface area contributed by atoms with E-state index < -0.39 is 11.8 Å². The zero-order valence-corrected chi connectivity index (χ0v) is 16.0. The maximum atomic E-state index is 12.3. The Kier molecular flexibility index (Phi) is 5.69. The number of rotatable bonds is 6. The first kappa shape index (κ1) is 19.3. The molecule has 29 heavy (non-hydrogen) atoms. The van der Waals surface area contributed by atoms with Crippen LogP contribution >= 0.6 is 0 Å². The molecule has 0 saturated carbocycles. The Hall–Kier alpha value is -3.03. The third kappa shape index (κ3) is 4.21. The third-order valence-electron chi connectivity index (χ3n) is 5.25. The van der Waals surface area contributed by atoms with Crippen molar-refractivity contribution in [1.29, 1.82) is 0 Å². The molecule has 2 aliphatic rings. The molecule has 2 aromatic rings. The summed E-state index contributed by atoms with van der Waals surface area (Å²) >= 11 is 0. The van der Waals surface area contributed by atoms with Crippen LogP contribution in [0.1, 0.15) is 32.4 Å². The molecule has 2 aromatic carbocycles. The summed E-state index contributed by atoms with van der Waals surface area (Å²) in [6, 6.07) is 16.7. The molecule has 0 aromatic heterocycles. The first-order valence-electron chi connectivity index (χ1n) is 9.74. The number of benzene rings is 2. The van der Waals surface area contributed by atoms with Crippen LogP contribution in [0.15, 0.2) is 54.6 Å². The molecule has 1 N–H and O–H groups in total. The number of imide groups is 1. The van der Waals surface area contributed by atoms with Gasteiger partial charge in [-0.3, -0.25) is 24.2 Å². The minimum atomic E-state index is -0.417.